The molecule has 0 amide bonds. The topological polar surface area (TPSA) is 50.9 Å². The highest BCUT2D eigenvalue weighted by molar-refractivity contribution is 7.98. The van der Waals surface area contributed by atoms with Crippen molar-refractivity contribution in [1.82, 2.24) is 4.98 Å². The maximum atomic E-state index is 5.76. The highest BCUT2D eigenvalue weighted by atomic mass is 32.2. The van der Waals surface area contributed by atoms with Gasteiger partial charge in [0.15, 0.2) is 0 Å². The Morgan fingerprint density at radius 3 is 2.88 bits per heavy atom. The maximum absolute atomic E-state index is 5.76. The van der Waals surface area contributed by atoms with Gasteiger partial charge in [-0.3, -0.25) is 0 Å². The molecule has 0 bridgehead atoms. The summed E-state index contributed by atoms with van der Waals surface area (Å²) in [6.07, 6.45) is 3.73. The van der Waals surface area contributed by atoms with Crippen molar-refractivity contribution in [3.63, 3.8) is 0 Å². The second kappa shape index (κ2) is 4.90. The molecule has 0 saturated heterocycles. The third-order valence-corrected chi connectivity index (χ3v) is 2.91. The Hall–Kier alpha value is -1.68. The van der Waals surface area contributed by atoms with Crippen molar-refractivity contribution in [3.8, 4) is 0 Å². The number of thioether (sulfide) groups is 1. The van der Waals surface area contributed by atoms with E-state index in [4.69, 9.17) is 5.73 Å². The van der Waals surface area contributed by atoms with Crippen LogP contribution in [0.3, 0.4) is 0 Å². The van der Waals surface area contributed by atoms with E-state index in [1.807, 2.05) is 24.3 Å². The Labute approximate surface area is 99.1 Å². The smallest absolute Gasteiger partial charge is 0.147 e. The molecule has 0 saturated carbocycles. The fraction of sp³-hybridized carbons (Fsp3) is 0.0833. The van der Waals surface area contributed by atoms with Crippen LogP contribution in [0.1, 0.15) is 0 Å². The third kappa shape index (κ3) is 2.46. The summed E-state index contributed by atoms with van der Waals surface area (Å²) in [6.45, 7) is 0. The molecule has 4 heteroatoms. The number of pyridine rings is 1. The van der Waals surface area contributed by atoms with Gasteiger partial charge in [-0.15, -0.1) is 11.8 Å². The molecule has 0 aliphatic carbocycles. The predicted octanol–water partition coefficient (Wildman–Crippen LogP) is 3.13. The number of nitrogens with one attached hydrogen (secondary N) is 1. The van der Waals surface area contributed by atoms with Crippen LogP contribution in [-0.2, 0) is 0 Å². The average molecular weight is 231 g/mol. The van der Waals surface area contributed by atoms with E-state index < -0.39 is 0 Å². The van der Waals surface area contributed by atoms with E-state index in [1.165, 1.54) is 4.90 Å². The SMILES string of the molecule is CSc1cccc(Nc2cccnc2N)c1. The van der Waals surface area contributed by atoms with Crippen LogP contribution in [0, 0.1) is 0 Å². The molecule has 2 aromatic rings. The quantitative estimate of drug-likeness (QED) is 0.797. The first-order chi connectivity index (χ1) is 7.79. The third-order valence-electron chi connectivity index (χ3n) is 2.19. The van der Waals surface area contributed by atoms with Crippen LogP contribution in [0.5, 0.6) is 0 Å². The van der Waals surface area contributed by atoms with Crippen molar-refractivity contribution in [2.24, 2.45) is 0 Å². The summed E-state index contributed by atoms with van der Waals surface area (Å²) in [5.74, 6) is 0.511. The van der Waals surface area contributed by atoms with Crippen molar-refractivity contribution in [2.45, 2.75) is 4.90 Å². The van der Waals surface area contributed by atoms with E-state index in [0.29, 0.717) is 5.82 Å². The zero-order valence-electron chi connectivity index (χ0n) is 8.97. The molecule has 2 rings (SSSR count). The van der Waals surface area contributed by atoms with E-state index in [2.05, 4.69) is 28.7 Å². The summed E-state index contributed by atoms with van der Waals surface area (Å²) in [5.41, 5.74) is 7.61. The molecule has 0 aliphatic rings. The molecule has 1 aromatic carbocycles. The molecule has 0 atom stereocenters. The number of rotatable bonds is 3. The van der Waals surface area contributed by atoms with Crippen molar-refractivity contribution in [3.05, 3.63) is 42.6 Å². The Morgan fingerprint density at radius 1 is 1.25 bits per heavy atom. The predicted molar refractivity (Wildman–Crippen MR) is 70.2 cm³/mol. The summed E-state index contributed by atoms with van der Waals surface area (Å²) in [4.78, 5) is 5.24. The second-order valence-corrected chi connectivity index (χ2v) is 4.17. The molecular formula is C12H13N3S. The van der Waals surface area contributed by atoms with Crippen LogP contribution in [-0.4, -0.2) is 11.2 Å². The standard InChI is InChI=1S/C12H13N3S/c1-16-10-5-2-4-9(8-10)15-11-6-3-7-14-12(11)13/h2-8,15H,1H3,(H2,13,14). The van der Waals surface area contributed by atoms with E-state index in [1.54, 1.807) is 18.0 Å². The van der Waals surface area contributed by atoms with Gasteiger partial charge in [0.2, 0.25) is 0 Å². The number of nitrogens with two attached hydrogens (primary N) is 1. The molecule has 0 spiro atoms. The minimum atomic E-state index is 0.511. The number of anilines is 3. The fourth-order valence-electron chi connectivity index (χ4n) is 1.38. The van der Waals surface area contributed by atoms with Gasteiger partial charge in [-0.2, -0.15) is 0 Å². The first kappa shape index (κ1) is 10.8. The molecule has 0 unspecified atom stereocenters. The van der Waals surface area contributed by atoms with Crippen molar-refractivity contribution in [2.75, 3.05) is 17.3 Å². The molecule has 1 aromatic heterocycles. The van der Waals surface area contributed by atoms with Gasteiger partial charge in [0.1, 0.15) is 5.82 Å². The van der Waals surface area contributed by atoms with Crippen LogP contribution in [0.2, 0.25) is 0 Å². The van der Waals surface area contributed by atoms with E-state index >= 15 is 0 Å². The molecule has 0 aliphatic heterocycles. The lowest BCUT2D eigenvalue weighted by Crippen LogP contribution is -1.97. The number of hydrogen-bond acceptors (Lipinski definition) is 4. The van der Waals surface area contributed by atoms with Gasteiger partial charge in [-0.05, 0) is 36.6 Å². The number of benzene rings is 1. The second-order valence-electron chi connectivity index (χ2n) is 3.29. The van der Waals surface area contributed by atoms with E-state index in [9.17, 15) is 0 Å². The van der Waals surface area contributed by atoms with Crippen molar-refractivity contribution >= 4 is 29.0 Å². The average Bonchev–Trinajstić information content (AvgIpc) is 2.32. The molecular weight excluding hydrogens is 218 g/mol. The van der Waals surface area contributed by atoms with Gasteiger partial charge in [-0.1, -0.05) is 6.07 Å². The minimum absolute atomic E-state index is 0.511. The van der Waals surface area contributed by atoms with Crippen LogP contribution >= 0.6 is 11.8 Å². The van der Waals surface area contributed by atoms with Crippen LogP contribution < -0.4 is 11.1 Å². The first-order valence-electron chi connectivity index (χ1n) is 4.91. The number of hydrogen-bond donors (Lipinski definition) is 2. The maximum Gasteiger partial charge on any atom is 0.147 e. The lowest BCUT2D eigenvalue weighted by Gasteiger charge is -2.08. The number of nitrogen functional groups attached to an aromatic ring is 1. The lowest BCUT2D eigenvalue weighted by atomic mass is 10.3. The molecule has 0 radical (unpaired) electrons. The minimum Gasteiger partial charge on any atom is -0.382 e. The molecule has 3 nitrogen and oxygen atoms in total. The Kier molecular flexibility index (Phi) is 3.31. The summed E-state index contributed by atoms with van der Waals surface area (Å²) in [5, 5.41) is 3.25. The number of nitrogens with zero attached hydrogens (tertiary/aromatic N) is 1. The summed E-state index contributed by atoms with van der Waals surface area (Å²) in [6, 6.07) is 11.9. The molecule has 3 N–H and O–H groups in total. The normalized spacial score (nSPS) is 10.1. The van der Waals surface area contributed by atoms with Crippen LogP contribution in [0.4, 0.5) is 17.2 Å². The molecule has 16 heavy (non-hydrogen) atoms. The van der Waals surface area contributed by atoms with Crippen molar-refractivity contribution in [1.29, 1.82) is 0 Å². The summed E-state index contributed by atoms with van der Waals surface area (Å²) >= 11 is 1.71. The van der Waals surface area contributed by atoms with Gasteiger partial charge in [0.05, 0.1) is 5.69 Å². The Bertz CT molecular complexity index is 485. The first-order valence-corrected chi connectivity index (χ1v) is 6.13. The zero-order valence-corrected chi connectivity index (χ0v) is 9.79. The zero-order chi connectivity index (χ0) is 11.4. The van der Waals surface area contributed by atoms with Gasteiger partial charge in [0.25, 0.3) is 0 Å². The van der Waals surface area contributed by atoms with E-state index in [0.717, 1.165) is 11.4 Å². The van der Waals surface area contributed by atoms with Gasteiger partial charge in [0, 0.05) is 16.8 Å². The van der Waals surface area contributed by atoms with Crippen molar-refractivity contribution < 1.29 is 0 Å². The highest BCUT2D eigenvalue weighted by Gasteiger charge is 1.99. The summed E-state index contributed by atoms with van der Waals surface area (Å²) in [7, 11) is 0. The molecule has 1 heterocycles. The lowest BCUT2D eigenvalue weighted by molar-refractivity contribution is 1.32. The van der Waals surface area contributed by atoms with Crippen LogP contribution in [0.15, 0.2) is 47.5 Å². The highest BCUT2D eigenvalue weighted by Crippen LogP contribution is 2.24. The summed E-state index contributed by atoms with van der Waals surface area (Å²) < 4.78 is 0. The van der Waals surface area contributed by atoms with Gasteiger partial charge < -0.3 is 11.1 Å². The Morgan fingerprint density at radius 2 is 2.12 bits per heavy atom. The number of aromatic nitrogens is 1. The largest absolute Gasteiger partial charge is 0.382 e. The van der Waals surface area contributed by atoms with Gasteiger partial charge >= 0.3 is 0 Å². The van der Waals surface area contributed by atoms with Gasteiger partial charge in [-0.25, -0.2) is 4.98 Å². The van der Waals surface area contributed by atoms with E-state index in [-0.39, 0.29) is 0 Å². The monoisotopic (exact) mass is 231 g/mol. The fourth-order valence-corrected chi connectivity index (χ4v) is 1.84. The molecule has 82 valence electrons. The Balaban J connectivity index is 2.24. The van der Waals surface area contributed by atoms with Crippen LogP contribution in [0.25, 0.3) is 0 Å². The molecule has 0 fully saturated rings.